The van der Waals surface area contributed by atoms with E-state index in [9.17, 15) is 0 Å². The molecular weight excluding hydrogens is 943 g/mol. The average Bonchev–Trinajstić information content (AvgIpc) is 2.13. The van der Waals surface area contributed by atoms with Crippen LogP contribution in [-0.2, 0) is 6.42 Å². The normalized spacial score (nSPS) is 15.2. The Morgan fingerprint density at radius 3 is 0.872 bits per heavy atom. The maximum atomic E-state index is 3.75. The minimum absolute atomic E-state index is 0.202. The molecule has 0 amide bonds. The Kier molecular flexibility index (Phi) is 7.90. The van der Waals surface area contributed by atoms with E-state index < -0.39 is 0 Å². The summed E-state index contributed by atoms with van der Waals surface area (Å²) < 4.78 is 5.47. The van der Waals surface area contributed by atoms with E-state index >= 15 is 0 Å². The zero-order chi connectivity index (χ0) is 50.5. The smallest absolute Gasteiger partial charge is 0.0865 e. The van der Waals surface area contributed by atoms with E-state index in [1.54, 1.807) is 0 Å². The van der Waals surface area contributed by atoms with Gasteiger partial charge in [0.2, 0.25) is 0 Å². The first-order valence-corrected chi connectivity index (χ1v) is 27.5. The summed E-state index contributed by atoms with van der Waals surface area (Å²) in [6.45, 7) is 0. The number of nitrogens with zero attached hydrogens (tertiary/aromatic N) is 2. The van der Waals surface area contributed by atoms with Crippen LogP contribution in [0.25, 0.3) is 133 Å². The molecule has 3 nitrogen and oxygen atoms in total. The molecule has 0 spiro atoms. The maximum absolute atomic E-state index is 3.75. The Morgan fingerprint density at radius 1 is 0.244 bits per heavy atom. The van der Waals surface area contributed by atoms with E-state index in [1.165, 1.54) is 166 Å². The van der Waals surface area contributed by atoms with Gasteiger partial charge < -0.3 is 14.5 Å². The van der Waals surface area contributed by atoms with Gasteiger partial charge in [0.25, 0.3) is 0 Å². The fraction of sp³-hybridized carbons (Fsp3) is 0.0400. The number of benzene rings is 12. The second kappa shape index (κ2) is 14.9. The van der Waals surface area contributed by atoms with Crippen molar-refractivity contribution in [1.29, 1.82) is 0 Å². The van der Waals surface area contributed by atoms with Gasteiger partial charge in [-0.05, 0) is 108 Å². The van der Waals surface area contributed by atoms with Crippen LogP contribution in [0.1, 0.15) is 45.5 Å². The topological polar surface area (TPSA) is 21.9 Å². The number of rotatable bonds is 0. The molecule has 1 N–H and O–H groups in total. The highest BCUT2D eigenvalue weighted by Gasteiger charge is 2.49. The zero-order valence-corrected chi connectivity index (χ0v) is 42.4. The van der Waals surface area contributed by atoms with Crippen molar-refractivity contribution >= 4 is 55.0 Å². The maximum Gasteiger partial charge on any atom is 0.0865 e. The monoisotopic (exact) mass is 987 g/mol. The van der Waals surface area contributed by atoms with E-state index in [-0.39, 0.29) is 12.1 Å². The highest BCUT2D eigenvalue weighted by Crippen LogP contribution is 2.66. The second-order valence-corrected chi connectivity index (χ2v) is 22.2. The predicted molar refractivity (Wildman–Crippen MR) is 323 cm³/mol. The van der Waals surface area contributed by atoms with Crippen molar-refractivity contribution in [3.63, 3.8) is 0 Å². The van der Waals surface area contributed by atoms with Crippen LogP contribution in [0.2, 0.25) is 0 Å². The fourth-order valence-corrected chi connectivity index (χ4v) is 15.5. The molecule has 0 unspecified atom stereocenters. The van der Waals surface area contributed by atoms with E-state index in [0.29, 0.717) is 0 Å². The van der Waals surface area contributed by atoms with E-state index in [2.05, 4.69) is 257 Å². The third kappa shape index (κ3) is 5.19. The number of hydrogen-bond acceptors (Lipinski definition) is 1. The summed E-state index contributed by atoms with van der Waals surface area (Å²) in [6, 6.07) is 90.7. The van der Waals surface area contributed by atoms with Crippen LogP contribution in [0, 0.1) is 0 Å². The molecule has 4 bridgehead atoms. The third-order valence-corrected chi connectivity index (χ3v) is 18.6. The van der Waals surface area contributed by atoms with Crippen molar-refractivity contribution < 1.29 is 0 Å². The van der Waals surface area contributed by atoms with Gasteiger partial charge in [0.1, 0.15) is 0 Å². The van der Waals surface area contributed by atoms with Crippen LogP contribution >= 0.6 is 0 Å². The molecule has 23 rings (SSSR count). The number of nitrogens with one attached hydrogen (secondary N) is 1. The molecule has 0 saturated heterocycles. The average molecular weight is 988 g/mol. The molecule has 0 radical (unpaired) electrons. The predicted octanol–water partition coefficient (Wildman–Crippen LogP) is 19.4. The molecule has 10 heterocycles. The van der Waals surface area contributed by atoms with E-state index in [1.807, 2.05) is 0 Å². The molecule has 12 aromatic carbocycles. The summed E-state index contributed by atoms with van der Waals surface area (Å²) in [4.78, 5) is 0. The summed E-state index contributed by atoms with van der Waals surface area (Å²) in [5, 5.41) is 9.27. The Bertz CT molecular complexity index is 4400. The molecule has 78 heavy (non-hydrogen) atoms. The Labute approximate surface area is 450 Å². The standard InChI is InChI=1S/C38H18N2.C37H27N/c1-5-21-17-13-14-18-23-7-3-11-27-28-12-4-8-24-20-16-15-19-22-6-2-10-26-25(9-1)33(21)39(34(22)26)37-29(17)30(18)38(32(20)31(19)37)40(35(23)27)36(24)28;1-3-11-32-26-17-21-28(22-18-26)34-13-5-7-15-36(34)38-37-16-8-6-14-35(37)29-23-19-27(20-24-29)33-12-4-2-10-31(33)25-30(32)9-1/h1-16,37-38H;1-24,38H,25H2. The third-order valence-electron chi connectivity index (χ3n) is 18.6. The molecule has 8 aliphatic heterocycles. The van der Waals surface area contributed by atoms with Crippen LogP contribution < -0.4 is 5.32 Å². The molecule has 2 aromatic heterocycles. The van der Waals surface area contributed by atoms with Gasteiger partial charge in [0.05, 0.1) is 34.2 Å². The van der Waals surface area contributed by atoms with Gasteiger partial charge in [-0.15, -0.1) is 0 Å². The number of aromatic nitrogens is 2. The number of anilines is 2. The van der Waals surface area contributed by atoms with Crippen LogP contribution in [0.5, 0.6) is 0 Å². The zero-order valence-electron chi connectivity index (χ0n) is 42.4. The summed E-state index contributed by atoms with van der Waals surface area (Å²) >= 11 is 0. The van der Waals surface area contributed by atoms with Gasteiger partial charge in [-0.25, -0.2) is 0 Å². The van der Waals surface area contributed by atoms with E-state index in [4.69, 9.17) is 0 Å². The molecule has 1 aliphatic carbocycles. The highest BCUT2D eigenvalue weighted by molar-refractivity contribution is 6.22. The lowest BCUT2D eigenvalue weighted by Crippen LogP contribution is -2.34. The first-order valence-electron chi connectivity index (χ1n) is 27.5. The fourth-order valence-electron chi connectivity index (χ4n) is 15.5. The van der Waals surface area contributed by atoms with Gasteiger partial charge in [-0.1, -0.05) is 231 Å². The molecule has 3 heteroatoms. The molecule has 0 fully saturated rings. The number of fused-ring (bicyclic) bond motifs is 6. The van der Waals surface area contributed by atoms with Crippen molar-refractivity contribution in [1.82, 2.24) is 9.13 Å². The SMILES string of the molecule is c1cc2c3c(c1)c1cccc4c1n3C1c3c-2ccc2c3C3c5c(ccc-4c51)-c1cccc4c5cccc-2c5n3c14.c1ccc2c(c1)Cc1ccccc1-c1ccc(cc1)-c1ccccc1Nc1ccccc1-c1ccc-2cc1. The summed E-state index contributed by atoms with van der Waals surface area (Å²) in [5.41, 5.74) is 37.7. The van der Waals surface area contributed by atoms with Crippen LogP contribution in [-0.4, -0.2) is 9.13 Å². The van der Waals surface area contributed by atoms with Crippen molar-refractivity contribution in [2.45, 2.75) is 18.5 Å². The molecule has 0 saturated carbocycles. The van der Waals surface area contributed by atoms with Crippen molar-refractivity contribution in [3.05, 3.63) is 276 Å². The molecule has 0 atom stereocenters. The second-order valence-electron chi connectivity index (χ2n) is 22.2. The summed E-state index contributed by atoms with van der Waals surface area (Å²) in [7, 11) is 0. The Morgan fingerprint density at radius 2 is 0.526 bits per heavy atom. The summed E-state index contributed by atoms with van der Waals surface area (Å²) in [6.07, 6.45) is 0.880. The lowest BCUT2D eigenvalue weighted by Gasteiger charge is -2.47. The van der Waals surface area contributed by atoms with Gasteiger partial charge >= 0.3 is 0 Å². The molecule has 9 aliphatic rings. The Hall–Kier alpha value is -9.96. The highest BCUT2D eigenvalue weighted by atomic mass is 15.1. The van der Waals surface area contributed by atoms with Crippen molar-refractivity contribution in [2.75, 3.05) is 5.32 Å². The Balaban J connectivity index is 0.000000118. The largest absolute Gasteiger partial charge is 0.355 e. The van der Waals surface area contributed by atoms with Crippen LogP contribution in [0.3, 0.4) is 0 Å². The van der Waals surface area contributed by atoms with Crippen molar-refractivity contribution in [2.24, 2.45) is 0 Å². The van der Waals surface area contributed by atoms with E-state index in [0.717, 1.165) is 17.8 Å². The van der Waals surface area contributed by atoms with Gasteiger partial charge in [-0.3, -0.25) is 0 Å². The van der Waals surface area contributed by atoms with Gasteiger partial charge in [0.15, 0.2) is 0 Å². The minimum atomic E-state index is 0.202. The van der Waals surface area contributed by atoms with Crippen molar-refractivity contribution in [3.8, 4) is 89.0 Å². The number of para-hydroxylation sites is 6. The molecular formula is C75H45N3. The first-order chi connectivity index (χ1) is 38.7. The van der Waals surface area contributed by atoms with Gasteiger partial charge in [0, 0.05) is 66.3 Å². The molecule has 14 aromatic rings. The lowest BCUT2D eigenvalue weighted by atomic mass is 9.66. The summed E-state index contributed by atoms with van der Waals surface area (Å²) in [5.74, 6) is 0. The number of hydrogen-bond donors (Lipinski definition) is 1. The quantitative estimate of drug-likeness (QED) is 0.161. The molecule has 360 valence electrons. The minimum Gasteiger partial charge on any atom is -0.355 e. The van der Waals surface area contributed by atoms with Crippen LogP contribution in [0.15, 0.2) is 243 Å². The van der Waals surface area contributed by atoms with Gasteiger partial charge in [-0.2, -0.15) is 0 Å². The first kappa shape index (κ1) is 41.3. The van der Waals surface area contributed by atoms with Crippen LogP contribution in [0.4, 0.5) is 11.4 Å². The lowest BCUT2D eigenvalue weighted by molar-refractivity contribution is 0.611.